The third-order valence-corrected chi connectivity index (χ3v) is 3.55. The van der Waals surface area contributed by atoms with E-state index in [0.717, 1.165) is 34.3 Å². The van der Waals surface area contributed by atoms with E-state index in [1.807, 2.05) is 41.6 Å². The lowest BCUT2D eigenvalue weighted by Crippen LogP contribution is -2.30. The van der Waals surface area contributed by atoms with E-state index < -0.39 is 5.97 Å². The Morgan fingerprint density at radius 1 is 1.55 bits per heavy atom. The summed E-state index contributed by atoms with van der Waals surface area (Å²) in [6, 6.07) is 2.02. The quantitative estimate of drug-likeness (QED) is 0.878. The summed E-state index contributed by atoms with van der Waals surface area (Å²) in [4.78, 5) is 17.3. The average Bonchev–Trinajstić information content (AvgIpc) is 2.72. The molecule has 2 aromatic rings. The van der Waals surface area contributed by atoms with Gasteiger partial charge in [0, 0.05) is 17.2 Å². The number of imidazole rings is 1. The Kier molecular flexibility index (Phi) is 4.77. The number of fused-ring (bicyclic) bond motifs is 1. The maximum atomic E-state index is 10.9. The maximum absolute atomic E-state index is 10.9. The molecule has 0 aromatic carbocycles. The van der Waals surface area contributed by atoms with E-state index in [0.29, 0.717) is 6.54 Å². The second kappa shape index (κ2) is 6.37. The van der Waals surface area contributed by atoms with Gasteiger partial charge in [-0.05, 0) is 47.4 Å². The van der Waals surface area contributed by atoms with Gasteiger partial charge in [0.1, 0.15) is 5.65 Å². The van der Waals surface area contributed by atoms with Crippen LogP contribution in [0.5, 0.6) is 0 Å². The zero-order chi connectivity index (χ0) is 14.7. The first-order chi connectivity index (χ1) is 9.51. The monoisotopic (exact) mass is 339 g/mol. The van der Waals surface area contributed by atoms with E-state index in [-0.39, 0.29) is 6.54 Å². The van der Waals surface area contributed by atoms with Crippen molar-refractivity contribution in [1.82, 2.24) is 14.3 Å². The van der Waals surface area contributed by atoms with E-state index in [1.54, 1.807) is 0 Å². The van der Waals surface area contributed by atoms with Crippen molar-refractivity contribution < 1.29 is 9.90 Å². The molecule has 2 rings (SSSR count). The summed E-state index contributed by atoms with van der Waals surface area (Å²) >= 11 is 3.48. The van der Waals surface area contributed by atoms with Crippen molar-refractivity contribution in [1.29, 1.82) is 0 Å². The van der Waals surface area contributed by atoms with Crippen molar-refractivity contribution in [3.05, 3.63) is 34.2 Å². The lowest BCUT2D eigenvalue weighted by molar-refractivity contribution is -0.138. The van der Waals surface area contributed by atoms with Crippen LogP contribution in [0.15, 0.2) is 22.9 Å². The van der Waals surface area contributed by atoms with Crippen LogP contribution in [0.25, 0.3) is 5.65 Å². The van der Waals surface area contributed by atoms with Crippen molar-refractivity contribution in [3.8, 4) is 0 Å². The zero-order valence-corrected chi connectivity index (χ0v) is 13.2. The number of hydrogen-bond acceptors (Lipinski definition) is 3. The number of carbonyl (C=O) groups is 1. The fourth-order valence-electron chi connectivity index (χ4n) is 2.33. The Morgan fingerprint density at radius 2 is 2.30 bits per heavy atom. The number of nitrogens with zero attached hydrogens (tertiary/aromatic N) is 3. The number of pyridine rings is 1. The molecule has 0 unspecified atom stereocenters. The van der Waals surface area contributed by atoms with Gasteiger partial charge in [-0.2, -0.15) is 0 Å². The molecule has 2 heterocycles. The topological polar surface area (TPSA) is 57.8 Å². The van der Waals surface area contributed by atoms with Gasteiger partial charge in [-0.25, -0.2) is 4.98 Å². The van der Waals surface area contributed by atoms with Crippen molar-refractivity contribution in [2.45, 2.75) is 26.8 Å². The molecule has 6 heteroatoms. The molecule has 0 fully saturated rings. The third-order valence-electron chi connectivity index (χ3n) is 3.12. The largest absolute Gasteiger partial charge is 0.480 e. The molecule has 0 bridgehead atoms. The summed E-state index contributed by atoms with van der Waals surface area (Å²) in [6.07, 6.45) is 4.71. The smallest absolute Gasteiger partial charge is 0.317 e. The molecular weight excluding hydrogens is 322 g/mol. The standard InChI is InChI=1S/C14H18BrN3O2/c1-3-4-17(9-13(19)20)8-12-6-16-14-10(2)5-11(15)7-18(12)14/h5-7H,3-4,8-9H2,1-2H3,(H,19,20). The summed E-state index contributed by atoms with van der Waals surface area (Å²) in [5.41, 5.74) is 3.00. The molecule has 0 atom stereocenters. The van der Waals surface area contributed by atoms with E-state index in [4.69, 9.17) is 5.11 Å². The highest BCUT2D eigenvalue weighted by Crippen LogP contribution is 2.19. The minimum Gasteiger partial charge on any atom is -0.480 e. The van der Waals surface area contributed by atoms with Gasteiger partial charge in [0.2, 0.25) is 0 Å². The van der Waals surface area contributed by atoms with Gasteiger partial charge in [-0.3, -0.25) is 9.69 Å². The van der Waals surface area contributed by atoms with E-state index >= 15 is 0 Å². The van der Waals surface area contributed by atoms with Crippen LogP contribution < -0.4 is 0 Å². The molecule has 5 nitrogen and oxygen atoms in total. The van der Waals surface area contributed by atoms with E-state index in [1.165, 1.54) is 0 Å². The summed E-state index contributed by atoms with van der Waals surface area (Å²) in [7, 11) is 0. The minimum atomic E-state index is -0.801. The van der Waals surface area contributed by atoms with Crippen molar-refractivity contribution in [2.24, 2.45) is 0 Å². The fraction of sp³-hybridized carbons (Fsp3) is 0.429. The van der Waals surface area contributed by atoms with Gasteiger partial charge in [0.15, 0.2) is 0 Å². The Morgan fingerprint density at radius 3 is 2.95 bits per heavy atom. The van der Waals surface area contributed by atoms with Gasteiger partial charge in [0.25, 0.3) is 0 Å². The summed E-state index contributed by atoms with van der Waals surface area (Å²) in [5, 5.41) is 8.97. The van der Waals surface area contributed by atoms with Gasteiger partial charge in [-0.15, -0.1) is 0 Å². The predicted molar refractivity (Wildman–Crippen MR) is 80.8 cm³/mol. The number of carboxylic acids is 1. The zero-order valence-electron chi connectivity index (χ0n) is 11.6. The van der Waals surface area contributed by atoms with Crippen LogP contribution in [-0.4, -0.2) is 38.4 Å². The second-order valence-electron chi connectivity index (χ2n) is 4.89. The number of aliphatic carboxylic acids is 1. The van der Waals surface area contributed by atoms with Crippen LogP contribution in [0.2, 0.25) is 0 Å². The normalized spacial score (nSPS) is 11.4. The molecule has 0 amide bonds. The van der Waals surface area contributed by atoms with Crippen LogP contribution >= 0.6 is 15.9 Å². The lowest BCUT2D eigenvalue weighted by Gasteiger charge is -2.19. The molecule has 0 saturated carbocycles. The molecule has 20 heavy (non-hydrogen) atoms. The molecular formula is C14H18BrN3O2. The van der Waals surface area contributed by atoms with Crippen molar-refractivity contribution in [3.63, 3.8) is 0 Å². The summed E-state index contributed by atoms with van der Waals surface area (Å²) in [5.74, 6) is -0.801. The highest BCUT2D eigenvalue weighted by Gasteiger charge is 2.13. The van der Waals surface area contributed by atoms with Crippen LogP contribution in [0.1, 0.15) is 24.6 Å². The maximum Gasteiger partial charge on any atom is 0.317 e. The molecule has 0 spiro atoms. The number of rotatable bonds is 6. The van der Waals surface area contributed by atoms with E-state index in [2.05, 4.69) is 20.9 Å². The summed E-state index contributed by atoms with van der Waals surface area (Å²) in [6.45, 7) is 5.44. The Hall–Kier alpha value is -1.40. The molecule has 0 saturated heterocycles. The van der Waals surface area contributed by atoms with Crippen LogP contribution in [-0.2, 0) is 11.3 Å². The fourth-order valence-corrected chi connectivity index (χ4v) is 2.88. The number of aromatic nitrogens is 2. The van der Waals surface area contributed by atoms with Crippen molar-refractivity contribution >= 4 is 27.5 Å². The highest BCUT2D eigenvalue weighted by molar-refractivity contribution is 9.10. The van der Waals surface area contributed by atoms with Crippen LogP contribution in [0.4, 0.5) is 0 Å². The molecule has 0 aliphatic rings. The highest BCUT2D eigenvalue weighted by atomic mass is 79.9. The molecule has 0 radical (unpaired) electrons. The molecule has 108 valence electrons. The van der Waals surface area contributed by atoms with Crippen LogP contribution in [0, 0.1) is 6.92 Å². The molecule has 0 aliphatic carbocycles. The third kappa shape index (κ3) is 3.37. The predicted octanol–water partition coefficient (Wildman–Crippen LogP) is 2.70. The Labute approximate surface area is 126 Å². The molecule has 1 N–H and O–H groups in total. The van der Waals surface area contributed by atoms with Crippen LogP contribution in [0.3, 0.4) is 0 Å². The number of halogens is 1. The van der Waals surface area contributed by atoms with Gasteiger partial charge in [-0.1, -0.05) is 6.92 Å². The Bertz CT molecular complexity index is 624. The van der Waals surface area contributed by atoms with Gasteiger partial charge < -0.3 is 9.51 Å². The van der Waals surface area contributed by atoms with Gasteiger partial charge in [0.05, 0.1) is 18.4 Å². The first-order valence-electron chi connectivity index (χ1n) is 6.57. The number of hydrogen-bond donors (Lipinski definition) is 1. The second-order valence-corrected chi connectivity index (χ2v) is 5.80. The average molecular weight is 340 g/mol. The van der Waals surface area contributed by atoms with Gasteiger partial charge >= 0.3 is 5.97 Å². The first kappa shape index (κ1) is 15.0. The first-order valence-corrected chi connectivity index (χ1v) is 7.36. The minimum absolute atomic E-state index is 0.0497. The van der Waals surface area contributed by atoms with Crippen molar-refractivity contribution in [2.75, 3.05) is 13.1 Å². The summed E-state index contributed by atoms with van der Waals surface area (Å²) < 4.78 is 3.01. The molecule has 0 aliphatic heterocycles. The lowest BCUT2D eigenvalue weighted by atomic mass is 10.3. The Balaban J connectivity index is 2.30. The number of carboxylic acid groups (broad SMARTS) is 1. The molecule has 2 aromatic heterocycles. The number of aryl methyl sites for hydroxylation is 1. The SMILES string of the molecule is CCCN(CC(=O)O)Cc1cnc2c(C)cc(Br)cn12. The van der Waals surface area contributed by atoms with E-state index in [9.17, 15) is 4.79 Å².